The number of carbonyl (C=O) groups is 2. The van der Waals surface area contributed by atoms with Crippen LogP contribution in [0.4, 0.5) is 10.5 Å². The Morgan fingerprint density at radius 2 is 2.00 bits per heavy atom. The first-order valence-electron chi connectivity index (χ1n) is 7.57. The van der Waals surface area contributed by atoms with E-state index in [2.05, 4.69) is 0 Å². The van der Waals surface area contributed by atoms with Crippen molar-refractivity contribution in [3.8, 4) is 0 Å². The molecule has 1 aliphatic heterocycles. The van der Waals surface area contributed by atoms with Gasteiger partial charge in [-0.15, -0.1) is 0 Å². The number of para-hydroxylation sites is 1. The summed E-state index contributed by atoms with van der Waals surface area (Å²) in [6.45, 7) is 1.53. The Morgan fingerprint density at radius 3 is 2.65 bits per heavy atom. The number of benzene rings is 1. The second-order valence-corrected chi connectivity index (χ2v) is 5.84. The van der Waals surface area contributed by atoms with E-state index in [1.807, 2.05) is 55.4 Å². The monoisotopic (exact) mass is 317 g/mol. The average molecular weight is 317 g/mol. The zero-order valence-electron chi connectivity index (χ0n) is 13.8. The van der Waals surface area contributed by atoms with Crippen LogP contribution in [0, 0.1) is 0 Å². The number of rotatable bonds is 6. The first-order valence-corrected chi connectivity index (χ1v) is 7.57. The quantitative estimate of drug-likeness (QED) is 0.748. The number of cyclic esters (lactones) is 1. The normalized spacial score (nSPS) is 17.8. The largest absolute Gasteiger partial charge is 0.442 e. The molecule has 1 unspecified atom stereocenters. The molecule has 0 spiro atoms. The fraction of sp³-hybridized carbons (Fsp3) is 0.412. The topological polar surface area (TPSA) is 53.1 Å². The molecule has 6 heteroatoms. The van der Waals surface area contributed by atoms with Gasteiger partial charge in [-0.3, -0.25) is 9.69 Å². The molecule has 23 heavy (non-hydrogen) atoms. The molecule has 124 valence electrons. The van der Waals surface area contributed by atoms with Crippen molar-refractivity contribution in [3.63, 3.8) is 0 Å². The first-order chi connectivity index (χ1) is 11.0. The van der Waals surface area contributed by atoms with Crippen LogP contribution in [0.3, 0.4) is 0 Å². The molecule has 0 aromatic heterocycles. The summed E-state index contributed by atoms with van der Waals surface area (Å²) < 4.78 is 5.35. The van der Waals surface area contributed by atoms with E-state index in [1.165, 1.54) is 0 Å². The predicted molar refractivity (Wildman–Crippen MR) is 89.4 cm³/mol. The van der Waals surface area contributed by atoms with Crippen LogP contribution in [0.5, 0.6) is 0 Å². The zero-order valence-corrected chi connectivity index (χ0v) is 13.8. The summed E-state index contributed by atoms with van der Waals surface area (Å²) in [5.74, 6) is -0.0962. The molecule has 1 aromatic rings. The number of likely N-dealkylation sites (N-methyl/N-ethyl adjacent to an activating group) is 2. The standard InChI is InChI=1S/C17H23N3O3/c1-18(2)11-7-10-16(21)19(3)12-15-13-20(17(22)23-15)14-8-5-4-6-9-14/h4-10,15H,11-13H2,1-3H3/b10-7+. The highest BCUT2D eigenvalue weighted by molar-refractivity contribution is 5.90. The lowest BCUT2D eigenvalue weighted by atomic mass is 10.2. The highest BCUT2D eigenvalue weighted by Crippen LogP contribution is 2.21. The summed E-state index contributed by atoms with van der Waals surface area (Å²) in [7, 11) is 5.59. The molecule has 0 N–H and O–H groups in total. The summed E-state index contributed by atoms with van der Waals surface area (Å²) >= 11 is 0. The van der Waals surface area contributed by atoms with Crippen molar-refractivity contribution in [2.45, 2.75) is 6.10 Å². The van der Waals surface area contributed by atoms with Gasteiger partial charge in [-0.25, -0.2) is 4.79 Å². The van der Waals surface area contributed by atoms with Gasteiger partial charge in [0, 0.05) is 25.4 Å². The number of ether oxygens (including phenoxy) is 1. The Hall–Kier alpha value is -2.34. The number of carbonyl (C=O) groups excluding carboxylic acids is 2. The fourth-order valence-electron chi connectivity index (χ4n) is 2.32. The van der Waals surface area contributed by atoms with Crippen LogP contribution < -0.4 is 4.90 Å². The van der Waals surface area contributed by atoms with Gasteiger partial charge in [-0.1, -0.05) is 24.3 Å². The minimum absolute atomic E-state index is 0.0962. The number of nitrogens with zero attached hydrogens (tertiary/aromatic N) is 3. The van der Waals surface area contributed by atoms with Gasteiger partial charge < -0.3 is 14.5 Å². The van der Waals surface area contributed by atoms with Crippen molar-refractivity contribution >= 4 is 17.7 Å². The Bertz CT molecular complexity index is 572. The lowest BCUT2D eigenvalue weighted by Gasteiger charge is -2.18. The van der Waals surface area contributed by atoms with E-state index in [4.69, 9.17) is 4.74 Å². The third kappa shape index (κ3) is 4.82. The van der Waals surface area contributed by atoms with E-state index in [9.17, 15) is 9.59 Å². The highest BCUT2D eigenvalue weighted by atomic mass is 16.6. The molecule has 1 saturated heterocycles. The Balaban J connectivity index is 1.88. The molecule has 1 aromatic carbocycles. The van der Waals surface area contributed by atoms with E-state index in [1.54, 1.807) is 22.9 Å². The van der Waals surface area contributed by atoms with Crippen molar-refractivity contribution < 1.29 is 14.3 Å². The third-order valence-electron chi connectivity index (χ3n) is 3.53. The van der Waals surface area contributed by atoms with E-state index >= 15 is 0 Å². The molecule has 1 atom stereocenters. The molecule has 1 heterocycles. The van der Waals surface area contributed by atoms with E-state index in [0.29, 0.717) is 19.6 Å². The second-order valence-electron chi connectivity index (χ2n) is 5.84. The minimum Gasteiger partial charge on any atom is -0.442 e. The van der Waals surface area contributed by atoms with Gasteiger partial charge in [0.15, 0.2) is 0 Å². The van der Waals surface area contributed by atoms with Crippen LogP contribution in [0.2, 0.25) is 0 Å². The Kier molecular flexibility index (Phi) is 5.76. The summed E-state index contributed by atoms with van der Waals surface area (Å²) in [5.41, 5.74) is 0.805. The Labute approximate surface area is 136 Å². The fourth-order valence-corrected chi connectivity index (χ4v) is 2.32. The van der Waals surface area contributed by atoms with E-state index in [-0.39, 0.29) is 18.1 Å². The van der Waals surface area contributed by atoms with Crippen LogP contribution in [0.25, 0.3) is 0 Å². The summed E-state index contributed by atoms with van der Waals surface area (Å²) in [5, 5.41) is 0. The molecular weight excluding hydrogens is 294 g/mol. The molecule has 1 fully saturated rings. The smallest absolute Gasteiger partial charge is 0.414 e. The lowest BCUT2D eigenvalue weighted by molar-refractivity contribution is -0.125. The highest BCUT2D eigenvalue weighted by Gasteiger charge is 2.33. The van der Waals surface area contributed by atoms with Crippen molar-refractivity contribution in [1.82, 2.24) is 9.80 Å². The molecule has 0 bridgehead atoms. The number of hydrogen-bond acceptors (Lipinski definition) is 4. The molecular formula is C17H23N3O3. The number of hydrogen-bond donors (Lipinski definition) is 0. The maximum Gasteiger partial charge on any atom is 0.414 e. The van der Waals surface area contributed by atoms with Gasteiger partial charge in [0.05, 0.1) is 13.1 Å². The van der Waals surface area contributed by atoms with Gasteiger partial charge in [-0.2, -0.15) is 0 Å². The number of anilines is 1. The van der Waals surface area contributed by atoms with E-state index < -0.39 is 0 Å². The second kappa shape index (κ2) is 7.78. The van der Waals surface area contributed by atoms with Crippen molar-refractivity contribution in [2.75, 3.05) is 45.7 Å². The van der Waals surface area contributed by atoms with Crippen LogP contribution in [-0.4, -0.2) is 68.7 Å². The van der Waals surface area contributed by atoms with Crippen LogP contribution in [-0.2, 0) is 9.53 Å². The van der Waals surface area contributed by atoms with Gasteiger partial charge >= 0.3 is 6.09 Å². The lowest BCUT2D eigenvalue weighted by Crippen LogP contribution is -2.35. The molecule has 1 aliphatic rings. The van der Waals surface area contributed by atoms with Crippen LogP contribution in [0.15, 0.2) is 42.5 Å². The molecule has 2 rings (SSSR count). The number of amides is 2. The average Bonchev–Trinajstić information content (AvgIpc) is 2.88. The Morgan fingerprint density at radius 1 is 1.30 bits per heavy atom. The molecule has 2 amide bonds. The van der Waals surface area contributed by atoms with E-state index in [0.717, 1.165) is 5.69 Å². The SMILES string of the molecule is CN(C)C/C=C/C(=O)N(C)CC1CN(c2ccccc2)C(=O)O1. The maximum atomic E-state index is 12.0. The van der Waals surface area contributed by atoms with Gasteiger partial charge in [-0.05, 0) is 26.2 Å². The van der Waals surface area contributed by atoms with Gasteiger partial charge in [0.25, 0.3) is 0 Å². The van der Waals surface area contributed by atoms with Crippen LogP contribution >= 0.6 is 0 Å². The van der Waals surface area contributed by atoms with Crippen molar-refractivity contribution in [2.24, 2.45) is 0 Å². The zero-order chi connectivity index (χ0) is 16.8. The predicted octanol–water partition coefficient (Wildman–Crippen LogP) is 1.59. The molecule has 6 nitrogen and oxygen atoms in total. The summed E-state index contributed by atoms with van der Waals surface area (Å²) in [4.78, 5) is 29.1. The van der Waals surface area contributed by atoms with Crippen molar-refractivity contribution in [3.05, 3.63) is 42.5 Å². The first kappa shape index (κ1) is 17.0. The molecule has 0 saturated carbocycles. The van der Waals surface area contributed by atoms with Crippen LogP contribution in [0.1, 0.15) is 0 Å². The van der Waals surface area contributed by atoms with Crippen molar-refractivity contribution in [1.29, 1.82) is 0 Å². The maximum absolute atomic E-state index is 12.0. The minimum atomic E-state index is -0.370. The summed E-state index contributed by atoms with van der Waals surface area (Å²) in [6.07, 6.45) is 2.67. The summed E-state index contributed by atoms with van der Waals surface area (Å²) in [6, 6.07) is 9.38. The van der Waals surface area contributed by atoms with Gasteiger partial charge in [0.2, 0.25) is 5.91 Å². The molecule has 0 aliphatic carbocycles. The third-order valence-corrected chi connectivity index (χ3v) is 3.53. The van der Waals surface area contributed by atoms with Gasteiger partial charge in [0.1, 0.15) is 6.10 Å². The molecule has 0 radical (unpaired) electrons.